The highest BCUT2D eigenvalue weighted by molar-refractivity contribution is 6.08. The first-order valence-corrected chi connectivity index (χ1v) is 14.5. The van der Waals surface area contributed by atoms with Gasteiger partial charge in [-0.1, -0.05) is 121 Å². The second kappa shape index (κ2) is 11.0. The second-order valence-electron chi connectivity index (χ2n) is 10.6. The van der Waals surface area contributed by atoms with Gasteiger partial charge in [0.15, 0.2) is 17.5 Å². The summed E-state index contributed by atoms with van der Waals surface area (Å²) < 4.78 is 0. The summed E-state index contributed by atoms with van der Waals surface area (Å²) in [6.07, 6.45) is 3.69. The van der Waals surface area contributed by atoms with E-state index >= 15 is 0 Å². The van der Waals surface area contributed by atoms with E-state index in [-0.39, 0.29) is 0 Å². The summed E-state index contributed by atoms with van der Waals surface area (Å²) in [4.78, 5) is 23.9. The zero-order chi connectivity index (χ0) is 29.3. The van der Waals surface area contributed by atoms with Gasteiger partial charge in [-0.15, -0.1) is 0 Å². The lowest BCUT2D eigenvalue weighted by Gasteiger charge is -2.11. The maximum Gasteiger partial charge on any atom is 0.164 e. The van der Waals surface area contributed by atoms with Gasteiger partial charge in [0.05, 0.1) is 11.0 Å². The van der Waals surface area contributed by atoms with Gasteiger partial charge >= 0.3 is 0 Å². The molecule has 44 heavy (non-hydrogen) atoms. The van der Waals surface area contributed by atoms with E-state index in [1.54, 1.807) is 0 Å². The molecule has 8 rings (SSSR count). The van der Waals surface area contributed by atoms with Gasteiger partial charge in [0.25, 0.3) is 0 Å². The molecule has 0 radical (unpaired) electrons. The minimum Gasteiger partial charge on any atom is -0.254 e. The molecule has 3 aromatic heterocycles. The van der Waals surface area contributed by atoms with Gasteiger partial charge in [-0.3, -0.25) is 9.97 Å². The Hall–Kier alpha value is -6.07. The molecule has 0 atom stereocenters. The van der Waals surface area contributed by atoms with Crippen molar-refractivity contribution in [1.82, 2.24) is 24.9 Å². The average Bonchev–Trinajstić information content (AvgIpc) is 3.12. The lowest BCUT2D eigenvalue weighted by atomic mass is 9.96. The van der Waals surface area contributed by atoms with Gasteiger partial charge in [0.2, 0.25) is 0 Å². The van der Waals surface area contributed by atoms with E-state index in [1.807, 2.05) is 79.1 Å². The van der Waals surface area contributed by atoms with Crippen molar-refractivity contribution in [3.8, 4) is 56.4 Å². The monoisotopic (exact) mass is 563 g/mol. The molecule has 0 saturated carbocycles. The zero-order valence-corrected chi connectivity index (χ0v) is 23.7. The summed E-state index contributed by atoms with van der Waals surface area (Å²) in [5.74, 6) is 1.94. The first-order valence-electron chi connectivity index (χ1n) is 14.5. The molecule has 0 amide bonds. The van der Waals surface area contributed by atoms with Crippen LogP contribution in [-0.4, -0.2) is 24.9 Å². The molecule has 0 N–H and O–H groups in total. The summed E-state index contributed by atoms with van der Waals surface area (Å²) in [6.45, 7) is 0. The highest BCUT2D eigenvalue weighted by Crippen LogP contribution is 2.34. The van der Waals surface area contributed by atoms with Gasteiger partial charge in [-0.25, -0.2) is 15.0 Å². The van der Waals surface area contributed by atoms with Gasteiger partial charge < -0.3 is 0 Å². The van der Waals surface area contributed by atoms with Crippen LogP contribution in [-0.2, 0) is 0 Å². The fourth-order valence-electron chi connectivity index (χ4n) is 5.62. The van der Waals surface area contributed by atoms with Crippen LogP contribution in [0.2, 0.25) is 0 Å². The summed E-state index contributed by atoms with van der Waals surface area (Å²) in [7, 11) is 0. The Bertz CT molecular complexity index is 2210. The molecule has 5 nitrogen and oxygen atoms in total. The Labute approximate surface area is 254 Å². The van der Waals surface area contributed by atoms with Crippen molar-refractivity contribution in [2.24, 2.45) is 0 Å². The molecule has 0 spiro atoms. The predicted octanol–water partition coefficient (Wildman–Crippen LogP) is 9.30. The molecule has 0 saturated heterocycles. The SMILES string of the molecule is c1ccc(-c2nc(-c3ccccc3)nc(-c3ccc(-c4cccc(-c5ccnc6c5ccc5cccnc56)c4)cc3)n2)cc1. The second-order valence-corrected chi connectivity index (χ2v) is 10.6. The molecule has 0 aliphatic heterocycles. The molecule has 0 bridgehead atoms. The highest BCUT2D eigenvalue weighted by Gasteiger charge is 2.13. The van der Waals surface area contributed by atoms with E-state index in [2.05, 4.69) is 82.8 Å². The van der Waals surface area contributed by atoms with Crippen molar-refractivity contribution in [2.45, 2.75) is 0 Å². The van der Waals surface area contributed by atoms with Crippen molar-refractivity contribution in [2.75, 3.05) is 0 Å². The number of rotatable bonds is 5. The third-order valence-corrected chi connectivity index (χ3v) is 7.83. The molecule has 0 fully saturated rings. The lowest BCUT2D eigenvalue weighted by Crippen LogP contribution is -2.00. The molecular formula is C39H25N5. The van der Waals surface area contributed by atoms with Crippen molar-refractivity contribution < 1.29 is 0 Å². The maximum absolute atomic E-state index is 4.87. The normalized spacial score (nSPS) is 11.2. The van der Waals surface area contributed by atoms with E-state index in [0.717, 1.165) is 60.8 Å². The van der Waals surface area contributed by atoms with E-state index in [0.29, 0.717) is 17.5 Å². The number of hydrogen-bond acceptors (Lipinski definition) is 5. The van der Waals surface area contributed by atoms with Crippen molar-refractivity contribution in [3.05, 3.63) is 152 Å². The quantitative estimate of drug-likeness (QED) is 0.195. The van der Waals surface area contributed by atoms with Crippen LogP contribution < -0.4 is 0 Å². The number of aromatic nitrogens is 5. The number of fused-ring (bicyclic) bond motifs is 3. The predicted molar refractivity (Wildman–Crippen MR) is 178 cm³/mol. The van der Waals surface area contributed by atoms with Gasteiger partial charge in [-0.05, 0) is 40.5 Å². The molecule has 0 unspecified atom stereocenters. The summed E-state index contributed by atoms with van der Waals surface area (Å²) in [6, 6.07) is 47.5. The van der Waals surface area contributed by atoms with E-state index in [9.17, 15) is 0 Å². The lowest BCUT2D eigenvalue weighted by molar-refractivity contribution is 1.07. The van der Waals surface area contributed by atoms with Crippen molar-refractivity contribution >= 4 is 21.8 Å². The first-order chi connectivity index (χ1) is 21.8. The Morgan fingerprint density at radius 3 is 1.59 bits per heavy atom. The fraction of sp³-hybridized carbons (Fsp3) is 0. The summed E-state index contributed by atoms with van der Waals surface area (Å²) >= 11 is 0. The van der Waals surface area contributed by atoms with Crippen LogP contribution in [0.5, 0.6) is 0 Å². The maximum atomic E-state index is 4.87. The molecular weight excluding hydrogens is 538 g/mol. The van der Waals surface area contributed by atoms with Crippen LogP contribution in [0.4, 0.5) is 0 Å². The van der Waals surface area contributed by atoms with Crippen LogP contribution in [0.3, 0.4) is 0 Å². The largest absolute Gasteiger partial charge is 0.254 e. The first kappa shape index (κ1) is 25.6. The average molecular weight is 564 g/mol. The standard InChI is InChI=1S/C39H25N5/c1-3-9-28(10-4-1)37-42-38(29-11-5-2-6-12-29)44-39(43-37)30-18-16-26(17-19-30)31-13-7-14-32(25-31)33-22-24-41-36-34(33)21-20-27-15-8-23-40-35(27)36/h1-25H. The van der Waals surface area contributed by atoms with Crippen molar-refractivity contribution in [1.29, 1.82) is 0 Å². The van der Waals surface area contributed by atoms with E-state index in [1.165, 1.54) is 0 Å². The minimum atomic E-state index is 0.641. The molecule has 3 heterocycles. The van der Waals surface area contributed by atoms with Crippen LogP contribution in [0, 0.1) is 0 Å². The Morgan fingerprint density at radius 1 is 0.341 bits per heavy atom. The molecule has 5 heteroatoms. The summed E-state index contributed by atoms with van der Waals surface area (Å²) in [5, 5.41) is 2.17. The summed E-state index contributed by atoms with van der Waals surface area (Å²) in [5.41, 5.74) is 9.18. The number of nitrogens with zero attached hydrogens (tertiary/aromatic N) is 5. The van der Waals surface area contributed by atoms with Gasteiger partial charge in [0.1, 0.15) is 0 Å². The minimum absolute atomic E-state index is 0.641. The zero-order valence-electron chi connectivity index (χ0n) is 23.7. The van der Waals surface area contributed by atoms with Crippen LogP contribution in [0.25, 0.3) is 78.2 Å². The van der Waals surface area contributed by atoms with Crippen LogP contribution >= 0.6 is 0 Å². The van der Waals surface area contributed by atoms with E-state index in [4.69, 9.17) is 15.0 Å². The van der Waals surface area contributed by atoms with Gasteiger partial charge in [0, 0.05) is 39.9 Å². The number of pyridine rings is 2. The Balaban J connectivity index is 1.17. The molecule has 8 aromatic rings. The third-order valence-electron chi connectivity index (χ3n) is 7.83. The molecule has 0 aliphatic rings. The Kier molecular flexibility index (Phi) is 6.39. The fourth-order valence-corrected chi connectivity index (χ4v) is 5.62. The Morgan fingerprint density at radius 2 is 0.909 bits per heavy atom. The smallest absolute Gasteiger partial charge is 0.164 e. The molecule has 0 aliphatic carbocycles. The molecule has 5 aromatic carbocycles. The number of benzene rings is 5. The highest BCUT2D eigenvalue weighted by atomic mass is 15.0. The van der Waals surface area contributed by atoms with Crippen molar-refractivity contribution in [3.63, 3.8) is 0 Å². The third kappa shape index (κ3) is 4.76. The van der Waals surface area contributed by atoms with E-state index < -0.39 is 0 Å². The van der Waals surface area contributed by atoms with Crippen LogP contribution in [0.1, 0.15) is 0 Å². The molecule has 206 valence electrons. The number of hydrogen-bond donors (Lipinski definition) is 0. The van der Waals surface area contributed by atoms with Crippen LogP contribution in [0.15, 0.2) is 152 Å². The van der Waals surface area contributed by atoms with Gasteiger partial charge in [-0.2, -0.15) is 0 Å². The topological polar surface area (TPSA) is 64.5 Å².